The number of aryl methyl sites for hydroxylation is 1. The minimum absolute atomic E-state index is 0.555. The highest BCUT2D eigenvalue weighted by atomic mass is 16.5. The van der Waals surface area contributed by atoms with Gasteiger partial charge in [-0.05, 0) is 31.5 Å². The van der Waals surface area contributed by atoms with Crippen LogP contribution in [0.25, 0.3) is 22.4 Å². The highest BCUT2D eigenvalue weighted by molar-refractivity contribution is 5.93. The van der Waals surface area contributed by atoms with Gasteiger partial charge < -0.3 is 14.6 Å². The fourth-order valence-corrected chi connectivity index (χ4v) is 2.85. The molecule has 0 bridgehead atoms. The zero-order valence-corrected chi connectivity index (χ0v) is 15.3. The summed E-state index contributed by atoms with van der Waals surface area (Å²) in [6.45, 7) is 5.29. The number of hydrogen-bond acceptors (Lipinski definition) is 6. The van der Waals surface area contributed by atoms with Crippen molar-refractivity contribution in [3.63, 3.8) is 0 Å². The van der Waals surface area contributed by atoms with Gasteiger partial charge >= 0.3 is 0 Å². The van der Waals surface area contributed by atoms with Crippen LogP contribution in [0.3, 0.4) is 0 Å². The Balaban J connectivity index is 1.56. The maximum absolute atomic E-state index is 5.55. The van der Waals surface area contributed by atoms with Crippen LogP contribution in [0.15, 0.2) is 59.4 Å². The first-order valence-electron chi connectivity index (χ1n) is 8.87. The van der Waals surface area contributed by atoms with Gasteiger partial charge in [0.2, 0.25) is 5.58 Å². The molecule has 6 nitrogen and oxygen atoms in total. The van der Waals surface area contributed by atoms with E-state index in [1.807, 2.05) is 55.5 Å². The minimum atomic E-state index is 0.555. The number of fused-ring (bicyclic) bond motifs is 1. The van der Waals surface area contributed by atoms with Gasteiger partial charge in [-0.3, -0.25) is 0 Å². The first kappa shape index (κ1) is 17.0. The first-order valence-corrected chi connectivity index (χ1v) is 8.87. The molecule has 0 fully saturated rings. The van der Waals surface area contributed by atoms with Crippen LogP contribution in [-0.4, -0.2) is 21.7 Å². The Bertz CT molecular complexity index is 1040. The van der Waals surface area contributed by atoms with E-state index >= 15 is 0 Å². The molecule has 0 aliphatic carbocycles. The lowest BCUT2D eigenvalue weighted by Gasteiger charge is -2.07. The fourth-order valence-electron chi connectivity index (χ4n) is 2.85. The van der Waals surface area contributed by atoms with E-state index in [1.165, 1.54) is 11.9 Å². The van der Waals surface area contributed by atoms with Gasteiger partial charge in [0.25, 0.3) is 0 Å². The Morgan fingerprint density at radius 2 is 1.78 bits per heavy atom. The summed E-state index contributed by atoms with van der Waals surface area (Å²) < 4.78 is 11.0. The molecule has 0 saturated carbocycles. The van der Waals surface area contributed by atoms with Gasteiger partial charge in [0.1, 0.15) is 23.3 Å². The third-order valence-electron chi connectivity index (χ3n) is 4.28. The minimum Gasteiger partial charge on any atom is -0.494 e. The van der Waals surface area contributed by atoms with Gasteiger partial charge in [0.05, 0.1) is 6.61 Å². The van der Waals surface area contributed by atoms with Crippen molar-refractivity contribution in [2.24, 2.45) is 0 Å². The summed E-state index contributed by atoms with van der Waals surface area (Å²) in [5, 5.41) is 7.51. The molecule has 136 valence electrons. The van der Waals surface area contributed by atoms with Crippen molar-refractivity contribution in [2.45, 2.75) is 20.4 Å². The smallest absolute Gasteiger partial charge is 0.228 e. The zero-order chi connectivity index (χ0) is 18.6. The molecule has 4 rings (SSSR count). The van der Waals surface area contributed by atoms with Gasteiger partial charge in [-0.15, -0.1) is 0 Å². The molecule has 0 saturated heterocycles. The maximum atomic E-state index is 5.55. The lowest BCUT2D eigenvalue weighted by Crippen LogP contribution is -2.02. The van der Waals surface area contributed by atoms with Crippen LogP contribution in [0.5, 0.6) is 5.75 Å². The fraction of sp³-hybridized carbons (Fsp3) is 0.190. The molecule has 0 spiro atoms. The van der Waals surface area contributed by atoms with E-state index in [0.29, 0.717) is 30.1 Å². The van der Waals surface area contributed by atoms with E-state index in [2.05, 4.69) is 27.4 Å². The summed E-state index contributed by atoms with van der Waals surface area (Å²) in [7, 11) is 0. The van der Waals surface area contributed by atoms with Crippen molar-refractivity contribution in [2.75, 3.05) is 11.9 Å². The predicted octanol–water partition coefficient (Wildman–Crippen LogP) is 4.60. The molecule has 4 aromatic rings. The van der Waals surface area contributed by atoms with Crippen molar-refractivity contribution in [3.8, 4) is 17.0 Å². The average molecular weight is 360 g/mol. The standard InChI is InChI=1S/C21H20N4O2/c1-3-26-17-10-6-15(7-11-17)12-22-21-20-19(23-13-24-21)18(25-27-20)16-8-4-14(2)5-9-16/h4-11,13H,3,12H2,1-2H3,(H,22,23,24). The third-order valence-corrected chi connectivity index (χ3v) is 4.28. The number of rotatable bonds is 6. The number of anilines is 1. The molecule has 2 aromatic carbocycles. The summed E-state index contributed by atoms with van der Waals surface area (Å²) in [6, 6.07) is 16.1. The number of ether oxygens (including phenoxy) is 1. The zero-order valence-electron chi connectivity index (χ0n) is 15.3. The second kappa shape index (κ2) is 7.45. The molecule has 0 amide bonds. The number of hydrogen-bond donors (Lipinski definition) is 1. The van der Waals surface area contributed by atoms with Gasteiger partial charge in [0, 0.05) is 12.1 Å². The lowest BCUT2D eigenvalue weighted by molar-refractivity contribution is 0.340. The van der Waals surface area contributed by atoms with Gasteiger partial charge in [0.15, 0.2) is 5.82 Å². The highest BCUT2D eigenvalue weighted by Gasteiger charge is 2.15. The molecular weight excluding hydrogens is 340 g/mol. The summed E-state index contributed by atoms with van der Waals surface area (Å²) in [4.78, 5) is 8.67. The molecule has 0 unspecified atom stereocenters. The Morgan fingerprint density at radius 1 is 1.00 bits per heavy atom. The van der Waals surface area contributed by atoms with E-state index < -0.39 is 0 Å². The Morgan fingerprint density at radius 3 is 2.52 bits per heavy atom. The van der Waals surface area contributed by atoms with Crippen LogP contribution in [0, 0.1) is 6.92 Å². The van der Waals surface area contributed by atoms with E-state index in [1.54, 1.807) is 0 Å². The third kappa shape index (κ3) is 3.60. The summed E-state index contributed by atoms with van der Waals surface area (Å²) in [5.41, 5.74) is 5.25. The second-order valence-electron chi connectivity index (χ2n) is 6.23. The molecule has 0 aliphatic heterocycles. The van der Waals surface area contributed by atoms with Gasteiger partial charge in [-0.2, -0.15) is 0 Å². The predicted molar refractivity (Wildman–Crippen MR) is 105 cm³/mol. The second-order valence-corrected chi connectivity index (χ2v) is 6.23. The van der Waals surface area contributed by atoms with Crippen LogP contribution in [0.4, 0.5) is 5.82 Å². The van der Waals surface area contributed by atoms with Gasteiger partial charge in [-0.1, -0.05) is 47.1 Å². The number of aromatic nitrogens is 3. The van der Waals surface area contributed by atoms with Crippen LogP contribution in [0.2, 0.25) is 0 Å². The topological polar surface area (TPSA) is 73.1 Å². The lowest BCUT2D eigenvalue weighted by atomic mass is 10.1. The van der Waals surface area contributed by atoms with Crippen LogP contribution < -0.4 is 10.1 Å². The molecule has 2 aromatic heterocycles. The van der Waals surface area contributed by atoms with E-state index in [0.717, 1.165) is 22.6 Å². The van der Waals surface area contributed by atoms with Crippen molar-refractivity contribution in [1.29, 1.82) is 0 Å². The van der Waals surface area contributed by atoms with Crippen LogP contribution in [0.1, 0.15) is 18.1 Å². The van der Waals surface area contributed by atoms with Crippen molar-refractivity contribution in [3.05, 3.63) is 66.0 Å². The largest absolute Gasteiger partial charge is 0.494 e. The maximum Gasteiger partial charge on any atom is 0.228 e. The SMILES string of the molecule is CCOc1ccc(CNc2ncnc3c(-c4ccc(C)cc4)noc23)cc1. The summed E-state index contributed by atoms with van der Waals surface area (Å²) >= 11 is 0. The summed E-state index contributed by atoms with van der Waals surface area (Å²) in [6.07, 6.45) is 1.53. The number of nitrogens with zero attached hydrogens (tertiary/aromatic N) is 3. The molecule has 0 atom stereocenters. The van der Waals surface area contributed by atoms with E-state index in [4.69, 9.17) is 9.26 Å². The molecule has 6 heteroatoms. The molecule has 0 aliphatic rings. The quantitative estimate of drug-likeness (QED) is 0.541. The highest BCUT2D eigenvalue weighted by Crippen LogP contribution is 2.29. The number of benzene rings is 2. The van der Waals surface area contributed by atoms with E-state index in [9.17, 15) is 0 Å². The summed E-state index contributed by atoms with van der Waals surface area (Å²) in [5.74, 6) is 1.49. The molecule has 0 radical (unpaired) electrons. The molecule has 27 heavy (non-hydrogen) atoms. The average Bonchev–Trinajstić information content (AvgIpc) is 3.13. The molecular formula is C21H20N4O2. The van der Waals surface area contributed by atoms with Crippen LogP contribution in [-0.2, 0) is 6.54 Å². The first-order chi connectivity index (χ1) is 13.2. The normalized spacial score (nSPS) is 10.9. The van der Waals surface area contributed by atoms with Crippen LogP contribution >= 0.6 is 0 Å². The Hall–Kier alpha value is -3.41. The van der Waals surface area contributed by atoms with Crippen molar-refractivity contribution in [1.82, 2.24) is 15.1 Å². The Labute approximate surface area is 157 Å². The van der Waals surface area contributed by atoms with E-state index in [-0.39, 0.29) is 0 Å². The number of nitrogens with one attached hydrogen (secondary N) is 1. The molecule has 1 N–H and O–H groups in total. The monoisotopic (exact) mass is 360 g/mol. The molecule has 2 heterocycles. The van der Waals surface area contributed by atoms with Crippen molar-refractivity contribution >= 4 is 16.9 Å². The van der Waals surface area contributed by atoms with Crippen molar-refractivity contribution < 1.29 is 9.26 Å². The Kier molecular flexibility index (Phi) is 4.70. The van der Waals surface area contributed by atoms with Gasteiger partial charge in [-0.25, -0.2) is 9.97 Å².